The van der Waals surface area contributed by atoms with E-state index in [4.69, 9.17) is 10.5 Å². The summed E-state index contributed by atoms with van der Waals surface area (Å²) in [4.78, 5) is 19.0. The van der Waals surface area contributed by atoms with E-state index in [9.17, 15) is 4.79 Å². The van der Waals surface area contributed by atoms with Crippen molar-refractivity contribution in [2.75, 3.05) is 6.54 Å². The molecule has 1 aromatic heterocycles. The second-order valence-corrected chi connectivity index (χ2v) is 5.00. The molecule has 2 aromatic rings. The fraction of sp³-hybridized carbons (Fsp3) is 0.429. The number of carbonyl (C=O) groups excluding carboxylic acids is 1. The molecule has 0 radical (unpaired) electrons. The normalized spacial score (nSPS) is 18.6. The van der Waals surface area contributed by atoms with Gasteiger partial charge in [0.1, 0.15) is 11.3 Å². The van der Waals surface area contributed by atoms with Crippen LogP contribution in [0.2, 0.25) is 0 Å². The Morgan fingerprint density at radius 2 is 2.40 bits per heavy atom. The maximum Gasteiger partial charge on any atom is 0.410 e. The number of aromatic nitrogens is 2. The summed E-state index contributed by atoms with van der Waals surface area (Å²) in [5, 5.41) is 3.40. The van der Waals surface area contributed by atoms with Crippen molar-refractivity contribution in [3.05, 3.63) is 23.5 Å². The molecule has 1 atom stereocenters. The fourth-order valence-corrected chi connectivity index (χ4v) is 2.69. The number of nitrogens with zero attached hydrogens (tertiary/aromatic N) is 1. The number of fused-ring (bicyclic) bond motifs is 1. The Balaban J connectivity index is 2.09. The number of aryl methyl sites for hydroxylation is 1. The summed E-state index contributed by atoms with van der Waals surface area (Å²) in [6.45, 7) is 3.01. The number of rotatable bonds is 3. The van der Waals surface area contributed by atoms with Crippen molar-refractivity contribution in [2.24, 2.45) is 5.73 Å². The second-order valence-electron chi connectivity index (χ2n) is 5.00. The Morgan fingerprint density at radius 3 is 3.05 bits per heavy atom. The van der Waals surface area contributed by atoms with Gasteiger partial charge in [0, 0.05) is 0 Å². The highest BCUT2D eigenvalue weighted by molar-refractivity contribution is 5.86. The third-order valence-electron chi connectivity index (χ3n) is 3.68. The van der Waals surface area contributed by atoms with E-state index in [0.717, 1.165) is 42.7 Å². The Kier molecular flexibility index (Phi) is 3.31. The number of benzene rings is 1. The van der Waals surface area contributed by atoms with E-state index in [1.807, 2.05) is 19.1 Å². The van der Waals surface area contributed by atoms with Gasteiger partial charge in [-0.3, -0.25) is 0 Å². The molecule has 0 aliphatic carbocycles. The van der Waals surface area contributed by atoms with Gasteiger partial charge < -0.3 is 20.8 Å². The van der Waals surface area contributed by atoms with Gasteiger partial charge >= 0.3 is 6.09 Å². The first-order chi connectivity index (χ1) is 9.69. The highest BCUT2D eigenvalue weighted by atomic mass is 16.5. The molecule has 1 aliphatic rings. The summed E-state index contributed by atoms with van der Waals surface area (Å²) in [5.41, 5.74) is 7.62. The third kappa shape index (κ3) is 2.22. The van der Waals surface area contributed by atoms with Gasteiger partial charge in [0.25, 0.3) is 0 Å². The van der Waals surface area contributed by atoms with E-state index in [1.54, 1.807) is 0 Å². The van der Waals surface area contributed by atoms with Crippen LogP contribution in [0.1, 0.15) is 37.2 Å². The number of nitrogens with one attached hydrogen (secondary N) is 2. The first-order valence-corrected chi connectivity index (χ1v) is 6.91. The van der Waals surface area contributed by atoms with Crippen molar-refractivity contribution in [1.29, 1.82) is 0 Å². The molecule has 1 aromatic carbocycles. The smallest absolute Gasteiger partial charge is 0.408 e. The first kappa shape index (κ1) is 12.9. The molecule has 1 saturated heterocycles. The summed E-state index contributed by atoms with van der Waals surface area (Å²) < 4.78 is 5.16. The zero-order valence-corrected chi connectivity index (χ0v) is 11.4. The van der Waals surface area contributed by atoms with Gasteiger partial charge in [-0.15, -0.1) is 0 Å². The number of primary amides is 1. The van der Waals surface area contributed by atoms with Crippen LogP contribution < -0.4 is 15.8 Å². The lowest BCUT2D eigenvalue weighted by Gasteiger charge is -2.07. The van der Waals surface area contributed by atoms with E-state index in [2.05, 4.69) is 15.3 Å². The van der Waals surface area contributed by atoms with Gasteiger partial charge in [0.05, 0.1) is 11.6 Å². The average Bonchev–Trinajstić information content (AvgIpc) is 3.07. The van der Waals surface area contributed by atoms with E-state index < -0.39 is 6.09 Å². The number of hydrogen-bond acceptors (Lipinski definition) is 4. The maximum atomic E-state index is 11.1. The molecule has 1 unspecified atom stereocenters. The van der Waals surface area contributed by atoms with Gasteiger partial charge in [0.15, 0.2) is 5.75 Å². The summed E-state index contributed by atoms with van der Waals surface area (Å²) in [7, 11) is 0. The number of aromatic amines is 1. The second kappa shape index (κ2) is 5.13. The predicted molar refractivity (Wildman–Crippen MR) is 75.7 cm³/mol. The van der Waals surface area contributed by atoms with E-state index in [0.29, 0.717) is 11.3 Å². The molecule has 0 bridgehead atoms. The van der Waals surface area contributed by atoms with Crippen LogP contribution in [0, 0.1) is 0 Å². The van der Waals surface area contributed by atoms with Crippen molar-refractivity contribution < 1.29 is 9.53 Å². The molecule has 6 heteroatoms. The summed E-state index contributed by atoms with van der Waals surface area (Å²) >= 11 is 0. The topological polar surface area (TPSA) is 93.0 Å². The van der Waals surface area contributed by atoms with Crippen LogP contribution in [0.3, 0.4) is 0 Å². The number of nitrogens with two attached hydrogens (primary N) is 1. The Hall–Kier alpha value is -2.08. The van der Waals surface area contributed by atoms with Crippen LogP contribution in [-0.2, 0) is 6.42 Å². The molecule has 6 nitrogen and oxygen atoms in total. The summed E-state index contributed by atoms with van der Waals surface area (Å²) in [5.74, 6) is 1.36. The van der Waals surface area contributed by atoms with Crippen molar-refractivity contribution in [3.63, 3.8) is 0 Å². The predicted octanol–water partition coefficient (Wildman–Crippen LogP) is 2.01. The highest BCUT2D eigenvalue weighted by Crippen LogP contribution is 2.31. The number of amides is 1. The average molecular weight is 274 g/mol. The monoisotopic (exact) mass is 274 g/mol. The van der Waals surface area contributed by atoms with Crippen molar-refractivity contribution in [2.45, 2.75) is 32.2 Å². The van der Waals surface area contributed by atoms with Gasteiger partial charge in [-0.1, -0.05) is 13.0 Å². The standard InChI is InChI=1S/C14H18N4O2/c1-2-8-5-6-9-11(12(8)20-14(15)19)18-13(17-9)10-4-3-7-16-10/h5-6,10,16H,2-4,7H2,1H3,(H2,15,19)(H,17,18). The molecule has 1 aliphatic heterocycles. The molecule has 1 amide bonds. The van der Waals surface area contributed by atoms with E-state index in [-0.39, 0.29) is 6.04 Å². The molecule has 4 N–H and O–H groups in total. The van der Waals surface area contributed by atoms with Gasteiger partial charge in [0.2, 0.25) is 0 Å². The lowest BCUT2D eigenvalue weighted by Crippen LogP contribution is -2.17. The highest BCUT2D eigenvalue weighted by Gasteiger charge is 2.21. The number of H-pyrrole nitrogens is 1. The van der Waals surface area contributed by atoms with Gasteiger partial charge in [-0.2, -0.15) is 0 Å². The van der Waals surface area contributed by atoms with Crippen molar-refractivity contribution in [1.82, 2.24) is 15.3 Å². The minimum absolute atomic E-state index is 0.244. The lowest BCUT2D eigenvalue weighted by molar-refractivity contribution is 0.211. The van der Waals surface area contributed by atoms with E-state index >= 15 is 0 Å². The Bertz CT molecular complexity index is 644. The van der Waals surface area contributed by atoms with Crippen LogP contribution in [0.25, 0.3) is 11.0 Å². The summed E-state index contributed by atoms with van der Waals surface area (Å²) in [6, 6.07) is 4.15. The largest absolute Gasteiger partial charge is 0.410 e. The Morgan fingerprint density at radius 1 is 1.55 bits per heavy atom. The lowest BCUT2D eigenvalue weighted by atomic mass is 10.1. The van der Waals surface area contributed by atoms with Crippen LogP contribution in [0.15, 0.2) is 12.1 Å². The maximum absolute atomic E-state index is 11.1. The van der Waals surface area contributed by atoms with Crippen LogP contribution >= 0.6 is 0 Å². The molecule has 1 fully saturated rings. The molecule has 20 heavy (non-hydrogen) atoms. The van der Waals surface area contributed by atoms with E-state index in [1.165, 1.54) is 0 Å². The number of carbonyl (C=O) groups is 1. The molecule has 106 valence electrons. The minimum Gasteiger partial charge on any atom is -0.408 e. The van der Waals surface area contributed by atoms with Crippen LogP contribution in [0.5, 0.6) is 5.75 Å². The number of imidazole rings is 1. The van der Waals surface area contributed by atoms with Crippen molar-refractivity contribution in [3.8, 4) is 5.75 Å². The van der Waals surface area contributed by atoms with Crippen LogP contribution in [0.4, 0.5) is 4.79 Å². The molecule has 0 spiro atoms. The SMILES string of the molecule is CCc1ccc2[nH]c(C3CCCN3)nc2c1OC(N)=O. The molecule has 0 saturated carbocycles. The molecule has 2 heterocycles. The third-order valence-corrected chi connectivity index (χ3v) is 3.68. The number of ether oxygens (including phenoxy) is 1. The molecular weight excluding hydrogens is 256 g/mol. The van der Waals surface area contributed by atoms with Gasteiger partial charge in [-0.05, 0) is 37.4 Å². The van der Waals surface area contributed by atoms with Gasteiger partial charge in [-0.25, -0.2) is 9.78 Å². The fourth-order valence-electron chi connectivity index (χ4n) is 2.69. The minimum atomic E-state index is -0.809. The Labute approximate surface area is 116 Å². The van der Waals surface area contributed by atoms with Crippen LogP contribution in [-0.4, -0.2) is 22.6 Å². The van der Waals surface area contributed by atoms with Crippen molar-refractivity contribution >= 4 is 17.1 Å². The number of hydrogen-bond donors (Lipinski definition) is 3. The first-order valence-electron chi connectivity index (χ1n) is 6.91. The zero-order chi connectivity index (χ0) is 14.1. The molecular formula is C14H18N4O2. The quantitative estimate of drug-likeness (QED) is 0.798. The summed E-state index contributed by atoms with van der Waals surface area (Å²) in [6.07, 6.45) is 2.15. The zero-order valence-electron chi connectivity index (χ0n) is 11.4. The molecule has 3 rings (SSSR count).